The van der Waals surface area contributed by atoms with Crippen LogP contribution in [0, 0.1) is 5.82 Å². The third kappa shape index (κ3) is 3.53. The molecule has 1 N–H and O–H groups in total. The Morgan fingerprint density at radius 3 is 2.33 bits per heavy atom. The van der Waals surface area contributed by atoms with Gasteiger partial charge < -0.3 is 14.6 Å². The predicted octanol–water partition coefficient (Wildman–Crippen LogP) is 3.55. The van der Waals surface area contributed by atoms with Gasteiger partial charge in [-0.25, -0.2) is 4.39 Å². The van der Waals surface area contributed by atoms with Gasteiger partial charge in [0.1, 0.15) is 5.82 Å². The van der Waals surface area contributed by atoms with Gasteiger partial charge in [0.15, 0.2) is 0 Å². The molecular weight excluding hydrogens is 304 g/mol. The fraction of sp³-hybridized carbons (Fsp3) is 0.684. The highest BCUT2D eigenvalue weighted by Gasteiger charge is 2.52. The number of hydrogen-bond acceptors (Lipinski definition) is 3. The van der Waals surface area contributed by atoms with E-state index in [1.165, 1.54) is 38.2 Å². The van der Waals surface area contributed by atoms with Crippen molar-refractivity contribution in [2.75, 3.05) is 0 Å². The third-order valence-electron chi connectivity index (χ3n) is 5.83. The molecule has 2 fully saturated rings. The summed E-state index contributed by atoms with van der Waals surface area (Å²) in [5.41, 5.74) is 0.634. The molecule has 1 aromatic carbocycles. The minimum atomic E-state index is -0.520. The predicted molar refractivity (Wildman–Crippen MR) is 95.8 cm³/mol. The van der Waals surface area contributed by atoms with Gasteiger partial charge in [-0.15, -0.1) is 0 Å². The summed E-state index contributed by atoms with van der Waals surface area (Å²) in [4.78, 5) is 0. The van der Waals surface area contributed by atoms with Crippen molar-refractivity contribution in [2.24, 2.45) is 0 Å². The smallest absolute Gasteiger partial charge is 0.399 e. The van der Waals surface area contributed by atoms with Crippen LogP contribution >= 0.6 is 0 Å². The highest BCUT2D eigenvalue weighted by molar-refractivity contribution is 6.62. The fourth-order valence-corrected chi connectivity index (χ4v) is 3.51. The summed E-state index contributed by atoms with van der Waals surface area (Å²) >= 11 is 0. The molecular formula is C19H29BFNO2. The van der Waals surface area contributed by atoms with Gasteiger partial charge in [-0.1, -0.05) is 31.4 Å². The van der Waals surface area contributed by atoms with E-state index in [-0.39, 0.29) is 5.82 Å². The highest BCUT2D eigenvalue weighted by atomic mass is 19.1. The minimum absolute atomic E-state index is 0.189. The summed E-state index contributed by atoms with van der Waals surface area (Å²) in [6.07, 6.45) is 6.20. The van der Waals surface area contributed by atoms with Crippen molar-refractivity contribution in [3.8, 4) is 0 Å². The van der Waals surface area contributed by atoms with E-state index in [1.54, 1.807) is 6.07 Å². The van der Waals surface area contributed by atoms with Crippen molar-refractivity contribution in [2.45, 2.75) is 83.6 Å². The Balaban J connectivity index is 1.78. The van der Waals surface area contributed by atoms with Crippen molar-refractivity contribution in [3.63, 3.8) is 0 Å². The van der Waals surface area contributed by atoms with Gasteiger partial charge in [-0.2, -0.15) is 0 Å². The average Bonchev–Trinajstić information content (AvgIpc) is 2.75. The van der Waals surface area contributed by atoms with Crippen LogP contribution in [0.2, 0.25) is 0 Å². The SMILES string of the molecule is CC1(C)OB(c2cccc(F)c2CNC2CCCCC2)OC1(C)C. The topological polar surface area (TPSA) is 30.5 Å². The van der Waals surface area contributed by atoms with Crippen LogP contribution < -0.4 is 10.8 Å². The van der Waals surface area contributed by atoms with Gasteiger partial charge in [0, 0.05) is 18.2 Å². The second kappa shape index (κ2) is 6.78. The molecule has 0 aromatic heterocycles. The first-order valence-electron chi connectivity index (χ1n) is 9.16. The van der Waals surface area contributed by atoms with Crippen LogP contribution in [0.5, 0.6) is 0 Å². The van der Waals surface area contributed by atoms with Crippen molar-refractivity contribution >= 4 is 12.6 Å². The summed E-state index contributed by atoms with van der Waals surface area (Å²) in [6.45, 7) is 8.60. The summed E-state index contributed by atoms with van der Waals surface area (Å²) < 4.78 is 26.7. The van der Waals surface area contributed by atoms with E-state index in [1.807, 2.05) is 33.8 Å². The molecule has 0 radical (unpaired) electrons. The molecule has 1 aliphatic heterocycles. The van der Waals surface area contributed by atoms with Crippen LogP contribution in [0.4, 0.5) is 4.39 Å². The van der Waals surface area contributed by atoms with Crippen molar-refractivity contribution < 1.29 is 13.7 Å². The molecule has 1 saturated carbocycles. The molecule has 0 spiro atoms. The number of nitrogens with one attached hydrogen (secondary N) is 1. The standard InChI is InChI=1S/C19H29BFNO2/c1-18(2)19(3,4)24-20(23-18)16-11-8-12-17(21)15(16)13-22-14-9-6-5-7-10-14/h8,11-12,14,22H,5-7,9-10,13H2,1-4H3. The number of halogens is 1. The average molecular weight is 333 g/mol. The lowest BCUT2D eigenvalue weighted by Gasteiger charge is -2.32. The van der Waals surface area contributed by atoms with Gasteiger partial charge in [-0.05, 0) is 52.1 Å². The van der Waals surface area contributed by atoms with Gasteiger partial charge >= 0.3 is 7.12 Å². The molecule has 0 atom stereocenters. The molecule has 132 valence electrons. The van der Waals surface area contributed by atoms with Crippen LogP contribution in [-0.4, -0.2) is 24.4 Å². The fourth-order valence-electron chi connectivity index (χ4n) is 3.51. The van der Waals surface area contributed by atoms with Gasteiger partial charge in [0.25, 0.3) is 0 Å². The monoisotopic (exact) mass is 333 g/mol. The van der Waals surface area contributed by atoms with E-state index in [0.29, 0.717) is 18.2 Å². The Bertz CT molecular complexity index is 569. The highest BCUT2D eigenvalue weighted by Crippen LogP contribution is 2.36. The number of hydrogen-bond donors (Lipinski definition) is 1. The first-order chi connectivity index (χ1) is 11.3. The molecule has 3 nitrogen and oxygen atoms in total. The lowest BCUT2D eigenvalue weighted by Crippen LogP contribution is -2.41. The Labute approximate surface area is 145 Å². The minimum Gasteiger partial charge on any atom is -0.399 e. The van der Waals surface area contributed by atoms with Crippen LogP contribution in [0.15, 0.2) is 18.2 Å². The van der Waals surface area contributed by atoms with Gasteiger partial charge in [-0.3, -0.25) is 0 Å². The zero-order chi connectivity index (χ0) is 17.4. The second-order valence-corrected chi connectivity index (χ2v) is 8.11. The maximum absolute atomic E-state index is 14.5. The van der Waals surface area contributed by atoms with E-state index in [2.05, 4.69) is 5.32 Å². The lowest BCUT2D eigenvalue weighted by molar-refractivity contribution is 0.00578. The van der Waals surface area contributed by atoms with E-state index >= 15 is 0 Å². The van der Waals surface area contributed by atoms with E-state index < -0.39 is 18.3 Å². The molecule has 1 heterocycles. The molecule has 0 amide bonds. The molecule has 1 aromatic rings. The van der Waals surface area contributed by atoms with Crippen molar-refractivity contribution in [1.29, 1.82) is 0 Å². The van der Waals surface area contributed by atoms with E-state index in [4.69, 9.17) is 9.31 Å². The van der Waals surface area contributed by atoms with Gasteiger partial charge in [0.05, 0.1) is 11.2 Å². The molecule has 2 aliphatic rings. The van der Waals surface area contributed by atoms with E-state index in [9.17, 15) is 4.39 Å². The summed E-state index contributed by atoms with van der Waals surface area (Å²) in [7, 11) is -0.520. The first kappa shape index (κ1) is 17.9. The number of rotatable bonds is 4. The quantitative estimate of drug-likeness (QED) is 0.855. The van der Waals surface area contributed by atoms with E-state index in [0.717, 1.165) is 5.46 Å². The molecule has 1 saturated heterocycles. The van der Waals surface area contributed by atoms with Crippen LogP contribution in [0.1, 0.15) is 65.4 Å². The molecule has 1 aliphatic carbocycles. The van der Waals surface area contributed by atoms with Crippen molar-refractivity contribution in [1.82, 2.24) is 5.32 Å². The Morgan fingerprint density at radius 2 is 1.71 bits per heavy atom. The van der Waals surface area contributed by atoms with Crippen molar-refractivity contribution in [3.05, 3.63) is 29.6 Å². The van der Waals surface area contributed by atoms with Crippen LogP contribution in [0.3, 0.4) is 0 Å². The molecule has 3 rings (SSSR count). The molecule has 0 unspecified atom stereocenters. The Morgan fingerprint density at radius 1 is 1.08 bits per heavy atom. The zero-order valence-corrected chi connectivity index (χ0v) is 15.3. The summed E-state index contributed by atoms with van der Waals surface area (Å²) in [5.74, 6) is -0.189. The lowest BCUT2D eigenvalue weighted by atomic mass is 9.75. The zero-order valence-electron chi connectivity index (χ0n) is 15.3. The largest absolute Gasteiger partial charge is 0.495 e. The third-order valence-corrected chi connectivity index (χ3v) is 5.83. The summed E-state index contributed by atoms with van der Waals surface area (Å²) in [6, 6.07) is 5.67. The Kier molecular flexibility index (Phi) is 5.05. The van der Waals surface area contributed by atoms with Crippen LogP contribution in [0.25, 0.3) is 0 Å². The first-order valence-corrected chi connectivity index (χ1v) is 9.16. The molecule has 24 heavy (non-hydrogen) atoms. The maximum Gasteiger partial charge on any atom is 0.495 e. The maximum atomic E-state index is 14.5. The normalized spacial score (nSPS) is 23.6. The summed E-state index contributed by atoms with van der Waals surface area (Å²) in [5, 5.41) is 3.53. The van der Waals surface area contributed by atoms with Crippen LogP contribution in [-0.2, 0) is 15.9 Å². The Hall–Kier alpha value is -0.905. The van der Waals surface area contributed by atoms with Gasteiger partial charge in [0.2, 0.25) is 0 Å². The number of benzene rings is 1. The molecule has 5 heteroatoms. The second-order valence-electron chi connectivity index (χ2n) is 8.11. The molecule has 0 bridgehead atoms.